The van der Waals surface area contributed by atoms with Crippen molar-refractivity contribution in [2.75, 3.05) is 6.61 Å². The molecule has 1 heterocycles. The van der Waals surface area contributed by atoms with Gasteiger partial charge < -0.3 is 9.84 Å². The fourth-order valence-corrected chi connectivity index (χ4v) is 1.85. The maximum Gasteiger partial charge on any atom is 0.125 e. The normalized spacial score (nSPS) is 20.7. The number of benzene rings is 1. The molecule has 1 N–H and O–H groups in total. The van der Waals surface area contributed by atoms with Crippen LogP contribution in [0.5, 0.6) is 5.75 Å². The molecule has 0 saturated heterocycles. The van der Waals surface area contributed by atoms with E-state index in [0.717, 1.165) is 21.3 Å². The first-order valence-electron chi connectivity index (χ1n) is 4.29. The molecule has 70 valence electrons. The van der Waals surface area contributed by atoms with Gasteiger partial charge in [-0.25, -0.2) is 0 Å². The van der Waals surface area contributed by atoms with Gasteiger partial charge in [0.2, 0.25) is 0 Å². The number of aryl methyl sites for hydroxylation is 1. The van der Waals surface area contributed by atoms with Crippen LogP contribution in [0.4, 0.5) is 0 Å². The Morgan fingerprint density at radius 2 is 2.31 bits per heavy atom. The maximum absolute atomic E-state index is 9.68. The SMILES string of the molecule is Cc1cc2c(cc1Br)C(O)CCO2. The van der Waals surface area contributed by atoms with Crippen molar-refractivity contribution in [2.24, 2.45) is 0 Å². The molecule has 2 nitrogen and oxygen atoms in total. The minimum Gasteiger partial charge on any atom is -0.493 e. The van der Waals surface area contributed by atoms with Crippen molar-refractivity contribution < 1.29 is 9.84 Å². The summed E-state index contributed by atoms with van der Waals surface area (Å²) in [5.74, 6) is 0.819. The molecule has 1 unspecified atom stereocenters. The molecule has 1 aliphatic rings. The van der Waals surface area contributed by atoms with Gasteiger partial charge in [-0.3, -0.25) is 0 Å². The Kier molecular flexibility index (Phi) is 2.30. The Labute approximate surface area is 85.7 Å². The van der Waals surface area contributed by atoms with Crippen molar-refractivity contribution in [3.05, 3.63) is 27.7 Å². The van der Waals surface area contributed by atoms with Gasteiger partial charge in [0.25, 0.3) is 0 Å². The average molecular weight is 243 g/mol. The zero-order chi connectivity index (χ0) is 9.42. The van der Waals surface area contributed by atoms with Crippen LogP contribution in [0.3, 0.4) is 0 Å². The lowest BCUT2D eigenvalue weighted by Crippen LogP contribution is -2.13. The second-order valence-electron chi connectivity index (χ2n) is 3.29. The van der Waals surface area contributed by atoms with E-state index in [1.54, 1.807) is 0 Å². The summed E-state index contributed by atoms with van der Waals surface area (Å²) >= 11 is 3.44. The Balaban J connectivity index is 2.52. The highest BCUT2D eigenvalue weighted by atomic mass is 79.9. The first kappa shape index (κ1) is 9.03. The van der Waals surface area contributed by atoms with E-state index < -0.39 is 0 Å². The molecule has 1 atom stereocenters. The van der Waals surface area contributed by atoms with Gasteiger partial charge in [-0.1, -0.05) is 15.9 Å². The molecule has 0 radical (unpaired) electrons. The molecular weight excluding hydrogens is 232 g/mol. The van der Waals surface area contributed by atoms with Crippen molar-refractivity contribution in [1.29, 1.82) is 0 Å². The van der Waals surface area contributed by atoms with Crippen molar-refractivity contribution >= 4 is 15.9 Å². The number of hydrogen-bond donors (Lipinski definition) is 1. The number of aliphatic hydroxyl groups is 1. The molecule has 1 aromatic rings. The van der Waals surface area contributed by atoms with Crippen LogP contribution < -0.4 is 4.74 Å². The average Bonchev–Trinajstić information content (AvgIpc) is 2.09. The standard InChI is InChI=1S/C10H11BrO2/c1-6-4-10-7(5-8(6)11)9(12)2-3-13-10/h4-5,9,12H,2-3H2,1H3. The van der Waals surface area contributed by atoms with Crippen molar-refractivity contribution in [2.45, 2.75) is 19.4 Å². The smallest absolute Gasteiger partial charge is 0.125 e. The van der Waals surface area contributed by atoms with Crippen LogP contribution in [0, 0.1) is 6.92 Å². The van der Waals surface area contributed by atoms with Crippen LogP contribution in [0.1, 0.15) is 23.7 Å². The highest BCUT2D eigenvalue weighted by Gasteiger charge is 2.19. The Hall–Kier alpha value is -0.540. The molecule has 2 rings (SSSR count). The van der Waals surface area contributed by atoms with Gasteiger partial charge in [0.15, 0.2) is 0 Å². The molecule has 0 saturated carbocycles. The summed E-state index contributed by atoms with van der Waals surface area (Å²) in [6.07, 6.45) is 0.309. The molecule has 0 spiro atoms. The van der Waals surface area contributed by atoms with E-state index in [0.29, 0.717) is 13.0 Å². The lowest BCUT2D eigenvalue weighted by atomic mass is 10.0. The number of halogens is 1. The summed E-state index contributed by atoms with van der Waals surface area (Å²) in [6, 6.07) is 3.90. The van der Waals surface area contributed by atoms with Crippen LogP contribution in [-0.4, -0.2) is 11.7 Å². The fraction of sp³-hybridized carbons (Fsp3) is 0.400. The van der Waals surface area contributed by atoms with E-state index in [4.69, 9.17) is 4.74 Å². The van der Waals surface area contributed by atoms with Crippen molar-refractivity contribution in [1.82, 2.24) is 0 Å². The van der Waals surface area contributed by atoms with Gasteiger partial charge in [0, 0.05) is 16.5 Å². The molecule has 0 fully saturated rings. The quantitative estimate of drug-likeness (QED) is 0.758. The molecule has 1 aliphatic heterocycles. The minimum atomic E-state index is -0.374. The number of hydrogen-bond acceptors (Lipinski definition) is 2. The van der Waals surface area contributed by atoms with Gasteiger partial charge >= 0.3 is 0 Å². The Bertz CT molecular complexity index is 336. The minimum absolute atomic E-state index is 0.374. The zero-order valence-corrected chi connectivity index (χ0v) is 8.97. The molecule has 0 aliphatic carbocycles. The van der Waals surface area contributed by atoms with Crippen LogP contribution >= 0.6 is 15.9 Å². The summed E-state index contributed by atoms with van der Waals surface area (Å²) in [6.45, 7) is 2.62. The summed E-state index contributed by atoms with van der Waals surface area (Å²) in [7, 11) is 0. The van der Waals surface area contributed by atoms with Crippen LogP contribution in [0.2, 0.25) is 0 Å². The highest BCUT2D eigenvalue weighted by Crippen LogP contribution is 2.35. The van der Waals surface area contributed by atoms with E-state index in [1.807, 2.05) is 19.1 Å². The molecule has 3 heteroatoms. The third kappa shape index (κ3) is 1.58. The van der Waals surface area contributed by atoms with E-state index in [1.165, 1.54) is 0 Å². The van der Waals surface area contributed by atoms with E-state index in [9.17, 15) is 5.11 Å². The van der Waals surface area contributed by atoms with Gasteiger partial charge in [-0.05, 0) is 24.6 Å². The van der Waals surface area contributed by atoms with E-state index >= 15 is 0 Å². The molecular formula is C10H11BrO2. The van der Waals surface area contributed by atoms with Crippen molar-refractivity contribution in [3.63, 3.8) is 0 Å². The fourth-order valence-electron chi connectivity index (χ4n) is 1.49. The number of rotatable bonds is 0. The maximum atomic E-state index is 9.68. The van der Waals surface area contributed by atoms with Gasteiger partial charge in [0.1, 0.15) is 5.75 Å². The Morgan fingerprint density at radius 3 is 3.08 bits per heavy atom. The number of aliphatic hydroxyl groups excluding tert-OH is 1. The van der Waals surface area contributed by atoms with Crippen molar-refractivity contribution in [3.8, 4) is 5.75 Å². The highest BCUT2D eigenvalue weighted by molar-refractivity contribution is 9.10. The lowest BCUT2D eigenvalue weighted by molar-refractivity contribution is 0.115. The second-order valence-corrected chi connectivity index (χ2v) is 4.15. The zero-order valence-electron chi connectivity index (χ0n) is 7.38. The monoisotopic (exact) mass is 242 g/mol. The van der Waals surface area contributed by atoms with Crippen LogP contribution in [0.25, 0.3) is 0 Å². The summed E-state index contributed by atoms with van der Waals surface area (Å²) in [4.78, 5) is 0. The van der Waals surface area contributed by atoms with Gasteiger partial charge in [-0.2, -0.15) is 0 Å². The third-order valence-electron chi connectivity index (χ3n) is 2.30. The topological polar surface area (TPSA) is 29.5 Å². The largest absolute Gasteiger partial charge is 0.493 e. The second kappa shape index (κ2) is 3.31. The predicted octanol–water partition coefficient (Wildman–Crippen LogP) is 2.57. The summed E-state index contributed by atoms with van der Waals surface area (Å²) in [5.41, 5.74) is 2.02. The molecule has 0 aromatic heterocycles. The third-order valence-corrected chi connectivity index (χ3v) is 3.15. The molecule has 0 bridgehead atoms. The van der Waals surface area contributed by atoms with Crippen LogP contribution in [0.15, 0.2) is 16.6 Å². The summed E-state index contributed by atoms with van der Waals surface area (Å²) < 4.78 is 6.47. The van der Waals surface area contributed by atoms with E-state index in [2.05, 4.69) is 15.9 Å². The van der Waals surface area contributed by atoms with Crippen LogP contribution in [-0.2, 0) is 0 Å². The molecule has 13 heavy (non-hydrogen) atoms. The van der Waals surface area contributed by atoms with E-state index in [-0.39, 0.29) is 6.10 Å². The number of ether oxygens (including phenoxy) is 1. The predicted molar refractivity (Wildman–Crippen MR) is 54.0 cm³/mol. The van der Waals surface area contributed by atoms with Gasteiger partial charge in [-0.15, -0.1) is 0 Å². The summed E-state index contributed by atoms with van der Waals surface area (Å²) in [5, 5.41) is 9.68. The first-order valence-corrected chi connectivity index (χ1v) is 5.08. The van der Waals surface area contributed by atoms with Gasteiger partial charge in [0.05, 0.1) is 12.7 Å². The Morgan fingerprint density at radius 1 is 1.54 bits per heavy atom. The first-order chi connectivity index (χ1) is 6.18. The lowest BCUT2D eigenvalue weighted by Gasteiger charge is -2.22. The number of fused-ring (bicyclic) bond motifs is 1. The molecule has 0 amide bonds. The molecule has 1 aromatic carbocycles.